The first-order chi connectivity index (χ1) is 9.52. The number of thiocarbonyl (C=S) groups is 1. The third-order valence-electron chi connectivity index (χ3n) is 3.02. The lowest BCUT2D eigenvalue weighted by Gasteiger charge is -2.29. The number of esters is 1. The summed E-state index contributed by atoms with van der Waals surface area (Å²) in [7, 11) is 0. The average Bonchev–Trinajstić information content (AvgIpc) is 2.42. The predicted molar refractivity (Wildman–Crippen MR) is 82.4 cm³/mol. The number of benzene rings is 1. The van der Waals surface area contributed by atoms with E-state index < -0.39 is 5.97 Å². The fourth-order valence-electron chi connectivity index (χ4n) is 2.04. The normalized spacial score (nSPS) is 18.4. The topological polar surface area (TPSA) is 50.4 Å². The maximum Gasteiger partial charge on any atom is 0.354 e. The van der Waals surface area contributed by atoms with Gasteiger partial charge in [-0.2, -0.15) is 0 Å². The number of nitrogens with one attached hydrogen (secondary N) is 2. The van der Waals surface area contributed by atoms with Gasteiger partial charge >= 0.3 is 5.97 Å². The summed E-state index contributed by atoms with van der Waals surface area (Å²) in [6.45, 7) is 3.96. The van der Waals surface area contributed by atoms with Crippen LogP contribution in [0.25, 0.3) is 0 Å². The molecular formula is C14H15ClN2O2S. The molecule has 0 fully saturated rings. The average molecular weight is 311 g/mol. The van der Waals surface area contributed by atoms with Gasteiger partial charge in [0, 0.05) is 5.02 Å². The van der Waals surface area contributed by atoms with Gasteiger partial charge in [0.05, 0.1) is 12.6 Å². The SMILES string of the molecule is CCOC(=O)C1=C(C)C(c2ccc(Cl)cc2)NC(=S)N1. The van der Waals surface area contributed by atoms with Crippen LogP contribution in [0.3, 0.4) is 0 Å². The monoisotopic (exact) mass is 310 g/mol. The molecule has 106 valence electrons. The molecule has 0 saturated carbocycles. The molecule has 0 radical (unpaired) electrons. The standard InChI is InChI=1S/C14H15ClN2O2S/c1-3-19-13(18)12-8(2)11(16-14(20)17-12)9-4-6-10(15)7-5-9/h4-7,11H,3H2,1-2H3,(H2,16,17,20). The lowest BCUT2D eigenvalue weighted by molar-refractivity contribution is -0.138. The minimum Gasteiger partial charge on any atom is -0.461 e. The van der Waals surface area contributed by atoms with Crippen LogP contribution < -0.4 is 10.6 Å². The van der Waals surface area contributed by atoms with Crippen molar-refractivity contribution in [1.82, 2.24) is 10.6 Å². The van der Waals surface area contributed by atoms with Gasteiger partial charge in [-0.25, -0.2) is 4.79 Å². The molecule has 2 N–H and O–H groups in total. The zero-order chi connectivity index (χ0) is 14.7. The molecular weight excluding hydrogens is 296 g/mol. The largest absolute Gasteiger partial charge is 0.461 e. The summed E-state index contributed by atoms with van der Waals surface area (Å²) in [5.74, 6) is -0.396. The lowest BCUT2D eigenvalue weighted by Crippen LogP contribution is -2.45. The Morgan fingerprint density at radius 3 is 2.65 bits per heavy atom. The molecule has 0 amide bonds. The molecule has 1 heterocycles. The van der Waals surface area contributed by atoms with Crippen LogP contribution in [0.1, 0.15) is 25.5 Å². The minimum atomic E-state index is -0.396. The van der Waals surface area contributed by atoms with Crippen molar-refractivity contribution in [3.8, 4) is 0 Å². The van der Waals surface area contributed by atoms with Gasteiger partial charge in [0.25, 0.3) is 0 Å². The van der Waals surface area contributed by atoms with Gasteiger partial charge in [-0.15, -0.1) is 0 Å². The van der Waals surface area contributed by atoms with Crippen LogP contribution in [0.2, 0.25) is 5.02 Å². The Labute approximate surface area is 128 Å². The smallest absolute Gasteiger partial charge is 0.354 e. The van der Waals surface area contributed by atoms with Crippen molar-refractivity contribution < 1.29 is 9.53 Å². The third kappa shape index (κ3) is 3.11. The first-order valence-corrected chi connectivity index (χ1v) is 7.02. The quantitative estimate of drug-likeness (QED) is 0.664. The maximum atomic E-state index is 11.9. The summed E-state index contributed by atoms with van der Waals surface area (Å²) in [6, 6.07) is 7.25. The molecule has 0 spiro atoms. The van der Waals surface area contributed by atoms with Crippen molar-refractivity contribution in [1.29, 1.82) is 0 Å². The second kappa shape index (κ2) is 6.24. The summed E-state index contributed by atoms with van der Waals surface area (Å²) in [4.78, 5) is 11.9. The van der Waals surface area contributed by atoms with Gasteiger partial charge < -0.3 is 15.4 Å². The van der Waals surface area contributed by atoms with Crippen molar-refractivity contribution in [2.24, 2.45) is 0 Å². The fourth-order valence-corrected chi connectivity index (χ4v) is 2.38. The number of ether oxygens (including phenoxy) is 1. The Bertz CT molecular complexity index is 569. The highest BCUT2D eigenvalue weighted by Crippen LogP contribution is 2.27. The van der Waals surface area contributed by atoms with E-state index in [0.717, 1.165) is 11.1 Å². The molecule has 0 aliphatic carbocycles. The van der Waals surface area contributed by atoms with E-state index in [9.17, 15) is 4.79 Å². The third-order valence-corrected chi connectivity index (χ3v) is 3.50. The van der Waals surface area contributed by atoms with E-state index in [1.807, 2.05) is 19.1 Å². The van der Waals surface area contributed by atoms with Crippen molar-refractivity contribution in [2.75, 3.05) is 6.61 Å². The van der Waals surface area contributed by atoms with Crippen LogP contribution >= 0.6 is 23.8 Å². The highest BCUT2D eigenvalue weighted by molar-refractivity contribution is 7.80. The van der Waals surface area contributed by atoms with Crippen LogP contribution in [0.15, 0.2) is 35.5 Å². The molecule has 0 saturated heterocycles. The predicted octanol–water partition coefficient (Wildman–Crippen LogP) is 2.70. The van der Waals surface area contributed by atoms with E-state index >= 15 is 0 Å². The Morgan fingerprint density at radius 1 is 1.40 bits per heavy atom. The van der Waals surface area contributed by atoms with Crippen molar-refractivity contribution in [2.45, 2.75) is 19.9 Å². The van der Waals surface area contributed by atoms with Crippen LogP contribution in [0.5, 0.6) is 0 Å². The Morgan fingerprint density at radius 2 is 2.05 bits per heavy atom. The van der Waals surface area contributed by atoms with Crippen LogP contribution in [0.4, 0.5) is 0 Å². The van der Waals surface area contributed by atoms with Gasteiger partial charge in [0.15, 0.2) is 5.11 Å². The van der Waals surface area contributed by atoms with E-state index in [1.54, 1.807) is 19.1 Å². The molecule has 20 heavy (non-hydrogen) atoms. The molecule has 0 aromatic heterocycles. The van der Waals surface area contributed by atoms with Crippen LogP contribution in [0, 0.1) is 0 Å². The molecule has 1 aromatic carbocycles. The molecule has 0 bridgehead atoms. The molecule has 4 nitrogen and oxygen atoms in total. The highest BCUT2D eigenvalue weighted by atomic mass is 35.5. The summed E-state index contributed by atoms with van der Waals surface area (Å²) in [5, 5.41) is 7.07. The first kappa shape index (κ1) is 14.8. The molecule has 1 aliphatic rings. The zero-order valence-corrected chi connectivity index (χ0v) is 12.8. The van der Waals surface area contributed by atoms with Gasteiger partial charge in [0.1, 0.15) is 5.70 Å². The summed E-state index contributed by atoms with van der Waals surface area (Å²) in [5.41, 5.74) is 2.22. The first-order valence-electron chi connectivity index (χ1n) is 6.23. The molecule has 1 atom stereocenters. The van der Waals surface area contributed by atoms with E-state index in [0.29, 0.717) is 22.4 Å². The molecule has 1 aromatic rings. The van der Waals surface area contributed by atoms with Crippen molar-refractivity contribution >= 4 is 34.9 Å². The number of rotatable bonds is 3. The van der Waals surface area contributed by atoms with E-state index in [1.165, 1.54) is 0 Å². The van der Waals surface area contributed by atoms with E-state index in [4.69, 9.17) is 28.6 Å². The number of hydrogen-bond acceptors (Lipinski definition) is 3. The zero-order valence-electron chi connectivity index (χ0n) is 11.2. The minimum absolute atomic E-state index is 0.166. The van der Waals surface area contributed by atoms with Gasteiger partial charge in [0.2, 0.25) is 0 Å². The Kier molecular flexibility index (Phi) is 4.62. The number of hydrogen-bond donors (Lipinski definition) is 2. The van der Waals surface area contributed by atoms with Crippen LogP contribution in [-0.2, 0) is 9.53 Å². The maximum absolute atomic E-state index is 11.9. The van der Waals surface area contributed by atoms with E-state index in [-0.39, 0.29) is 6.04 Å². The van der Waals surface area contributed by atoms with Crippen molar-refractivity contribution in [3.63, 3.8) is 0 Å². The fraction of sp³-hybridized carbons (Fsp3) is 0.286. The Balaban J connectivity index is 2.37. The molecule has 6 heteroatoms. The summed E-state index contributed by atoms with van der Waals surface area (Å²) < 4.78 is 5.04. The van der Waals surface area contributed by atoms with Crippen LogP contribution in [-0.4, -0.2) is 17.7 Å². The Hall–Kier alpha value is -1.59. The highest BCUT2D eigenvalue weighted by Gasteiger charge is 2.27. The van der Waals surface area contributed by atoms with Gasteiger partial charge in [-0.1, -0.05) is 23.7 Å². The number of carbonyl (C=O) groups is 1. The lowest BCUT2D eigenvalue weighted by atomic mass is 9.97. The van der Waals surface area contributed by atoms with Crippen molar-refractivity contribution in [3.05, 3.63) is 46.1 Å². The summed E-state index contributed by atoms with van der Waals surface area (Å²) in [6.07, 6.45) is 0. The second-order valence-electron chi connectivity index (χ2n) is 4.36. The molecule has 1 aliphatic heterocycles. The van der Waals surface area contributed by atoms with Gasteiger partial charge in [-0.05, 0) is 49.3 Å². The van der Waals surface area contributed by atoms with E-state index in [2.05, 4.69) is 10.6 Å². The number of halogens is 1. The second-order valence-corrected chi connectivity index (χ2v) is 5.21. The molecule has 1 unspecified atom stereocenters. The van der Waals surface area contributed by atoms with Gasteiger partial charge in [-0.3, -0.25) is 0 Å². The summed E-state index contributed by atoms with van der Waals surface area (Å²) >= 11 is 11.0. The number of carbonyl (C=O) groups excluding carboxylic acids is 1. The molecule has 2 rings (SSSR count).